The van der Waals surface area contributed by atoms with Gasteiger partial charge in [0.1, 0.15) is 29.2 Å². The van der Waals surface area contributed by atoms with Gasteiger partial charge in [-0.2, -0.15) is 0 Å². The van der Waals surface area contributed by atoms with Gasteiger partial charge in [-0.15, -0.1) is 0 Å². The number of halogens is 1. The smallest absolute Gasteiger partial charge is 0.269 e. The Bertz CT molecular complexity index is 1480. The third-order valence-corrected chi connectivity index (χ3v) is 5.33. The van der Waals surface area contributed by atoms with E-state index < -0.39 is 11.4 Å². The molecule has 5 aromatic rings. The molecular formula is C24H19FN6O. The van der Waals surface area contributed by atoms with Gasteiger partial charge in [0, 0.05) is 6.20 Å². The molecule has 7 nitrogen and oxygen atoms in total. The third kappa shape index (κ3) is 3.35. The summed E-state index contributed by atoms with van der Waals surface area (Å²) in [6.07, 6.45) is 3.71. The number of benzene rings is 2. The summed E-state index contributed by atoms with van der Waals surface area (Å²) in [5.41, 5.74) is 1.03. The lowest BCUT2D eigenvalue weighted by molar-refractivity contribution is 0.630. The molecule has 0 amide bonds. The number of nitrogens with zero attached hydrogens (tertiary/aromatic N) is 5. The highest BCUT2D eigenvalue weighted by molar-refractivity contribution is 5.86. The van der Waals surface area contributed by atoms with Crippen molar-refractivity contribution in [2.45, 2.75) is 19.4 Å². The zero-order chi connectivity index (χ0) is 22.1. The first-order valence-electron chi connectivity index (χ1n) is 10.3. The van der Waals surface area contributed by atoms with Crippen molar-refractivity contribution in [3.8, 4) is 5.69 Å². The summed E-state index contributed by atoms with van der Waals surface area (Å²) in [5, 5.41) is 4.12. The molecular weight excluding hydrogens is 407 g/mol. The molecule has 3 aromatic heterocycles. The molecule has 0 saturated carbocycles. The first-order chi connectivity index (χ1) is 15.7. The van der Waals surface area contributed by atoms with Gasteiger partial charge in [-0.25, -0.2) is 24.3 Å². The minimum absolute atomic E-state index is 0.0355. The summed E-state index contributed by atoms with van der Waals surface area (Å²) in [7, 11) is 0. The first kappa shape index (κ1) is 19.7. The van der Waals surface area contributed by atoms with Crippen LogP contribution in [0.5, 0.6) is 0 Å². The number of nitrogens with one attached hydrogen (secondary N) is 1. The van der Waals surface area contributed by atoms with Gasteiger partial charge in [0.15, 0.2) is 5.65 Å². The van der Waals surface area contributed by atoms with Crippen molar-refractivity contribution in [1.29, 1.82) is 0 Å². The Morgan fingerprint density at radius 2 is 1.84 bits per heavy atom. The van der Waals surface area contributed by atoms with Crippen molar-refractivity contribution in [3.05, 3.63) is 95.2 Å². The molecule has 5 rings (SSSR count). The fourth-order valence-electron chi connectivity index (χ4n) is 3.79. The lowest BCUT2D eigenvalue weighted by Crippen LogP contribution is -2.28. The van der Waals surface area contributed by atoms with Crippen molar-refractivity contribution >= 4 is 27.8 Å². The van der Waals surface area contributed by atoms with Gasteiger partial charge in [-0.1, -0.05) is 31.2 Å². The standard InChI is InChI=1S/C24H19FN6O/c1-2-18(29-22-16-10-7-13-26-21(16)27-14-28-22)23-30-19-12-6-11-17(25)20(19)24(32)31(23)15-8-4-3-5-9-15/h3-14,18H,2H2,1H3,(H,26,27,28,29)/t18-/m0/s1. The molecule has 0 radical (unpaired) electrons. The van der Waals surface area contributed by atoms with E-state index >= 15 is 0 Å². The maximum absolute atomic E-state index is 14.6. The Kier molecular flexibility index (Phi) is 5.03. The molecule has 0 aliphatic heterocycles. The van der Waals surface area contributed by atoms with E-state index in [1.807, 2.05) is 37.3 Å². The van der Waals surface area contributed by atoms with Crippen molar-refractivity contribution in [1.82, 2.24) is 24.5 Å². The van der Waals surface area contributed by atoms with Gasteiger partial charge in [0.05, 0.1) is 22.6 Å². The van der Waals surface area contributed by atoms with E-state index in [1.165, 1.54) is 17.0 Å². The zero-order valence-electron chi connectivity index (χ0n) is 17.2. The molecule has 32 heavy (non-hydrogen) atoms. The Hall–Kier alpha value is -4.20. The molecule has 8 heteroatoms. The van der Waals surface area contributed by atoms with E-state index in [2.05, 4.69) is 20.3 Å². The van der Waals surface area contributed by atoms with Crippen LogP contribution in [0.1, 0.15) is 25.2 Å². The molecule has 0 spiro atoms. The van der Waals surface area contributed by atoms with Gasteiger partial charge in [0.25, 0.3) is 5.56 Å². The summed E-state index contributed by atoms with van der Waals surface area (Å²) >= 11 is 0. The second kappa shape index (κ2) is 8.14. The monoisotopic (exact) mass is 426 g/mol. The van der Waals surface area contributed by atoms with Gasteiger partial charge < -0.3 is 5.32 Å². The lowest BCUT2D eigenvalue weighted by Gasteiger charge is -2.22. The highest BCUT2D eigenvalue weighted by Crippen LogP contribution is 2.26. The number of anilines is 1. The van der Waals surface area contributed by atoms with Gasteiger partial charge in [-0.3, -0.25) is 9.36 Å². The summed E-state index contributed by atoms with van der Waals surface area (Å²) in [6, 6.07) is 16.9. The van der Waals surface area contributed by atoms with Crippen molar-refractivity contribution in [2.75, 3.05) is 5.32 Å². The molecule has 1 atom stereocenters. The van der Waals surface area contributed by atoms with E-state index in [9.17, 15) is 9.18 Å². The van der Waals surface area contributed by atoms with Crippen LogP contribution in [0.25, 0.3) is 27.6 Å². The van der Waals surface area contributed by atoms with Gasteiger partial charge in [-0.05, 0) is 42.8 Å². The van der Waals surface area contributed by atoms with E-state index in [-0.39, 0.29) is 11.4 Å². The van der Waals surface area contributed by atoms with Crippen molar-refractivity contribution in [3.63, 3.8) is 0 Å². The van der Waals surface area contributed by atoms with Gasteiger partial charge >= 0.3 is 0 Å². The maximum Gasteiger partial charge on any atom is 0.269 e. The fourth-order valence-corrected chi connectivity index (χ4v) is 3.79. The highest BCUT2D eigenvalue weighted by atomic mass is 19.1. The first-order valence-corrected chi connectivity index (χ1v) is 10.3. The summed E-state index contributed by atoms with van der Waals surface area (Å²) in [5.74, 6) is 0.464. The van der Waals surface area contributed by atoms with Crippen LogP contribution in [0.3, 0.4) is 0 Å². The fraction of sp³-hybridized carbons (Fsp3) is 0.125. The van der Waals surface area contributed by atoms with Crippen LogP contribution in [-0.4, -0.2) is 24.5 Å². The molecule has 0 bridgehead atoms. The van der Waals surface area contributed by atoms with Crippen LogP contribution in [0, 0.1) is 5.82 Å². The Morgan fingerprint density at radius 1 is 1.00 bits per heavy atom. The molecule has 0 aliphatic rings. The number of aromatic nitrogens is 5. The van der Waals surface area contributed by atoms with Crippen LogP contribution < -0.4 is 10.9 Å². The van der Waals surface area contributed by atoms with E-state index in [1.54, 1.807) is 30.5 Å². The summed E-state index contributed by atoms with van der Waals surface area (Å²) in [6.45, 7) is 1.98. The van der Waals surface area contributed by atoms with Crippen molar-refractivity contribution < 1.29 is 4.39 Å². The molecule has 1 N–H and O–H groups in total. The molecule has 158 valence electrons. The number of para-hydroxylation sites is 1. The topological polar surface area (TPSA) is 85.6 Å². The predicted molar refractivity (Wildman–Crippen MR) is 121 cm³/mol. The van der Waals surface area contributed by atoms with Crippen LogP contribution in [-0.2, 0) is 0 Å². The molecule has 2 aromatic carbocycles. The molecule has 0 fully saturated rings. The average molecular weight is 426 g/mol. The number of rotatable bonds is 5. The molecule has 0 unspecified atom stereocenters. The number of pyridine rings is 1. The van der Waals surface area contributed by atoms with Crippen LogP contribution in [0.4, 0.5) is 10.2 Å². The number of fused-ring (bicyclic) bond motifs is 2. The largest absolute Gasteiger partial charge is 0.359 e. The lowest BCUT2D eigenvalue weighted by atomic mass is 10.1. The van der Waals surface area contributed by atoms with Gasteiger partial charge in [0.2, 0.25) is 0 Å². The van der Waals surface area contributed by atoms with E-state index in [4.69, 9.17) is 4.98 Å². The normalized spacial score (nSPS) is 12.2. The second-order valence-corrected chi connectivity index (χ2v) is 7.28. The SMILES string of the molecule is CC[C@H](Nc1ncnc2ncccc12)c1nc2cccc(F)c2c(=O)n1-c1ccccc1. The Morgan fingerprint density at radius 3 is 2.66 bits per heavy atom. The number of hydrogen-bond acceptors (Lipinski definition) is 6. The summed E-state index contributed by atoms with van der Waals surface area (Å²) in [4.78, 5) is 31.1. The molecule has 0 aliphatic carbocycles. The highest BCUT2D eigenvalue weighted by Gasteiger charge is 2.22. The molecule has 3 heterocycles. The predicted octanol–water partition coefficient (Wildman–Crippen LogP) is 4.43. The summed E-state index contributed by atoms with van der Waals surface area (Å²) < 4.78 is 16.1. The van der Waals surface area contributed by atoms with Crippen molar-refractivity contribution in [2.24, 2.45) is 0 Å². The van der Waals surface area contributed by atoms with Crippen LogP contribution in [0.15, 0.2) is 78.0 Å². The molecule has 0 saturated heterocycles. The van der Waals surface area contributed by atoms with E-state index in [0.29, 0.717) is 34.9 Å². The Balaban J connectivity index is 1.73. The zero-order valence-corrected chi connectivity index (χ0v) is 17.2. The third-order valence-electron chi connectivity index (χ3n) is 5.33. The van der Waals surface area contributed by atoms with Crippen LogP contribution in [0.2, 0.25) is 0 Å². The van der Waals surface area contributed by atoms with Crippen LogP contribution >= 0.6 is 0 Å². The minimum Gasteiger partial charge on any atom is -0.359 e. The quantitative estimate of drug-likeness (QED) is 0.448. The Labute approximate surface area is 182 Å². The number of hydrogen-bond donors (Lipinski definition) is 1. The maximum atomic E-state index is 14.6. The second-order valence-electron chi connectivity index (χ2n) is 7.28. The van der Waals surface area contributed by atoms with E-state index in [0.717, 1.165) is 5.39 Å². The average Bonchev–Trinajstić information content (AvgIpc) is 2.83. The minimum atomic E-state index is -0.592.